The van der Waals surface area contributed by atoms with E-state index in [0.717, 1.165) is 56.4 Å². The quantitative estimate of drug-likeness (QED) is 0.503. The number of carbonyl (C=O) groups is 2. The average molecular weight is 471 g/mol. The number of nitrogens with zero attached hydrogens (tertiary/aromatic N) is 3. The predicted molar refractivity (Wildman–Crippen MR) is 136 cm³/mol. The second kappa shape index (κ2) is 10.1. The van der Waals surface area contributed by atoms with Gasteiger partial charge in [-0.05, 0) is 79.8 Å². The van der Waals surface area contributed by atoms with Crippen LogP contribution in [-0.2, 0) is 0 Å². The monoisotopic (exact) mass is 470 g/mol. The number of nitrogen functional groups attached to an aromatic ring is 1. The van der Waals surface area contributed by atoms with Crippen LogP contribution in [0.3, 0.4) is 0 Å². The number of nitrogens with two attached hydrogens (primary N) is 1. The molecule has 4 N–H and O–H groups in total. The van der Waals surface area contributed by atoms with Gasteiger partial charge in [-0.25, -0.2) is 4.98 Å². The number of benzene rings is 1. The number of pyridine rings is 1. The number of anilines is 2. The summed E-state index contributed by atoms with van der Waals surface area (Å²) in [7, 11) is 0. The maximum Gasteiger partial charge on any atom is 0.291 e. The number of aromatic nitrogens is 3. The van der Waals surface area contributed by atoms with Crippen molar-refractivity contribution in [2.75, 3.05) is 24.1 Å². The van der Waals surface area contributed by atoms with Crippen molar-refractivity contribution in [1.82, 2.24) is 19.9 Å². The number of imidazole rings is 1. The number of likely N-dealkylation sites (tertiary alicyclic amines) is 1. The van der Waals surface area contributed by atoms with Crippen molar-refractivity contribution >= 4 is 28.9 Å². The van der Waals surface area contributed by atoms with Crippen molar-refractivity contribution in [3.63, 3.8) is 0 Å². The molecule has 5 rings (SSSR count). The lowest BCUT2D eigenvalue weighted by atomic mass is 9.85. The van der Waals surface area contributed by atoms with Gasteiger partial charge in [-0.1, -0.05) is 12.1 Å². The Labute approximate surface area is 204 Å². The first-order valence-electron chi connectivity index (χ1n) is 12.2. The lowest BCUT2D eigenvalue weighted by Gasteiger charge is -2.32. The molecule has 0 spiro atoms. The standard InChI is InChI=1S/C27H30N6O2/c28-24-17-30-25(32-24)26(34)31-23-9-8-20(15-22(23)19-5-2-1-3-6-19)18-10-13-33(14-11-18)27(35)21-7-4-12-29-16-21/h4-5,7-9,12,15-18H,1-3,6,10-11,13-14,28H2,(H,30,32)(H,31,34). The average Bonchev–Trinajstić information content (AvgIpc) is 3.36. The molecule has 2 aromatic heterocycles. The van der Waals surface area contributed by atoms with E-state index in [0.29, 0.717) is 17.3 Å². The maximum atomic E-state index is 12.8. The lowest BCUT2D eigenvalue weighted by molar-refractivity contribution is 0.0712. The van der Waals surface area contributed by atoms with Gasteiger partial charge >= 0.3 is 0 Å². The van der Waals surface area contributed by atoms with Gasteiger partial charge in [-0.2, -0.15) is 0 Å². The minimum atomic E-state index is -0.311. The maximum absolute atomic E-state index is 12.8. The van der Waals surface area contributed by atoms with E-state index < -0.39 is 0 Å². The number of hydrogen-bond donors (Lipinski definition) is 3. The summed E-state index contributed by atoms with van der Waals surface area (Å²) in [5.74, 6) is 0.649. The Morgan fingerprint density at radius 2 is 1.97 bits per heavy atom. The molecule has 3 aromatic rings. The van der Waals surface area contributed by atoms with Crippen molar-refractivity contribution in [3.8, 4) is 0 Å². The molecular weight excluding hydrogens is 440 g/mol. The van der Waals surface area contributed by atoms with Gasteiger partial charge in [-0.3, -0.25) is 14.6 Å². The Morgan fingerprint density at radius 1 is 1.11 bits per heavy atom. The Bertz CT molecular complexity index is 1240. The zero-order chi connectivity index (χ0) is 24.2. The minimum absolute atomic E-state index is 0.0428. The van der Waals surface area contributed by atoms with Gasteiger partial charge in [0.1, 0.15) is 5.82 Å². The van der Waals surface area contributed by atoms with E-state index in [-0.39, 0.29) is 17.6 Å². The summed E-state index contributed by atoms with van der Waals surface area (Å²) in [4.78, 5) is 38.4. The molecule has 0 unspecified atom stereocenters. The fraction of sp³-hybridized carbons (Fsp3) is 0.333. The van der Waals surface area contributed by atoms with Crippen molar-refractivity contribution in [3.05, 3.63) is 77.5 Å². The number of carbonyl (C=O) groups excluding carboxylic acids is 2. The molecule has 1 aliphatic carbocycles. The molecule has 8 heteroatoms. The molecule has 0 saturated carbocycles. The largest absolute Gasteiger partial charge is 0.384 e. The Kier molecular flexibility index (Phi) is 6.61. The molecule has 0 atom stereocenters. The SMILES string of the molecule is Nc1cnc(C(=O)Nc2ccc(C3CCN(C(=O)c4cccnc4)CC3)cc2C2=CCCCC2)[nH]1. The van der Waals surface area contributed by atoms with Gasteiger partial charge in [0.05, 0.1) is 11.8 Å². The zero-order valence-corrected chi connectivity index (χ0v) is 19.7. The number of hydrogen-bond acceptors (Lipinski definition) is 5. The van der Waals surface area contributed by atoms with Crippen molar-refractivity contribution in [2.24, 2.45) is 0 Å². The van der Waals surface area contributed by atoms with Crippen LogP contribution in [-0.4, -0.2) is 44.8 Å². The summed E-state index contributed by atoms with van der Waals surface area (Å²) in [5, 5.41) is 3.02. The van der Waals surface area contributed by atoms with E-state index in [4.69, 9.17) is 5.73 Å². The van der Waals surface area contributed by atoms with E-state index in [1.54, 1.807) is 18.5 Å². The Hall–Kier alpha value is -3.94. The second-order valence-electron chi connectivity index (χ2n) is 9.23. The molecule has 1 aliphatic heterocycles. The van der Waals surface area contributed by atoms with Crippen LogP contribution in [0.5, 0.6) is 0 Å². The Morgan fingerprint density at radius 3 is 2.66 bits per heavy atom. The fourth-order valence-electron chi connectivity index (χ4n) is 4.99. The van der Waals surface area contributed by atoms with Crippen molar-refractivity contribution in [2.45, 2.75) is 44.4 Å². The van der Waals surface area contributed by atoms with Crippen LogP contribution in [0.4, 0.5) is 11.5 Å². The van der Waals surface area contributed by atoms with Gasteiger partial charge in [0.15, 0.2) is 5.82 Å². The van der Waals surface area contributed by atoms with E-state index in [1.165, 1.54) is 23.8 Å². The molecule has 2 amide bonds. The van der Waals surface area contributed by atoms with E-state index in [9.17, 15) is 9.59 Å². The van der Waals surface area contributed by atoms with E-state index in [1.807, 2.05) is 17.0 Å². The third kappa shape index (κ3) is 5.11. The molecule has 1 saturated heterocycles. The van der Waals surface area contributed by atoms with Crippen LogP contribution in [0.15, 0.2) is 55.0 Å². The highest BCUT2D eigenvalue weighted by molar-refractivity contribution is 6.03. The first-order valence-corrected chi connectivity index (χ1v) is 12.2. The third-order valence-electron chi connectivity index (χ3n) is 6.90. The third-order valence-corrected chi connectivity index (χ3v) is 6.90. The first kappa shape index (κ1) is 22.8. The van der Waals surface area contributed by atoms with Gasteiger partial charge in [0, 0.05) is 36.7 Å². The highest BCUT2D eigenvalue weighted by Crippen LogP contribution is 2.36. The number of nitrogens with one attached hydrogen (secondary N) is 2. The highest BCUT2D eigenvalue weighted by atomic mass is 16.2. The number of allylic oxidation sites excluding steroid dienone is 2. The molecule has 1 aromatic carbocycles. The van der Waals surface area contributed by atoms with E-state index in [2.05, 4.69) is 38.5 Å². The lowest BCUT2D eigenvalue weighted by Crippen LogP contribution is -2.38. The molecule has 0 radical (unpaired) electrons. The van der Waals surface area contributed by atoms with Crippen molar-refractivity contribution in [1.29, 1.82) is 0 Å². The molecule has 2 aliphatic rings. The minimum Gasteiger partial charge on any atom is -0.384 e. The first-order chi connectivity index (χ1) is 17.1. The summed E-state index contributed by atoms with van der Waals surface area (Å²) in [6, 6.07) is 9.94. The number of aromatic amines is 1. The molecule has 1 fully saturated rings. The van der Waals surface area contributed by atoms with Crippen LogP contribution in [0.1, 0.15) is 76.5 Å². The number of piperidine rings is 1. The Balaban J connectivity index is 1.34. The summed E-state index contributed by atoms with van der Waals surface area (Å²) in [6.45, 7) is 1.43. The number of H-pyrrole nitrogens is 1. The van der Waals surface area contributed by atoms with Gasteiger partial charge in [-0.15, -0.1) is 0 Å². The van der Waals surface area contributed by atoms with Gasteiger partial charge in [0.25, 0.3) is 11.8 Å². The second-order valence-corrected chi connectivity index (χ2v) is 9.23. The summed E-state index contributed by atoms with van der Waals surface area (Å²) < 4.78 is 0. The van der Waals surface area contributed by atoms with Gasteiger partial charge in [0.2, 0.25) is 0 Å². The number of amides is 2. The highest BCUT2D eigenvalue weighted by Gasteiger charge is 2.26. The summed E-state index contributed by atoms with van der Waals surface area (Å²) in [5.41, 5.74) is 10.7. The molecular formula is C27H30N6O2. The van der Waals surface area contributed by atoms with Crippen LogP contribution in [0.25, 0.3) is 5.57 Å². The topological polar surface area (TPSA) is 117 Å². The number of rotatable bonds is 5. The van der Waals surface area contributed by atoms with Crippen LogP contribution < -0.4 is 11.1 Å². The predicted octanol–water partition coefficient (Wildman–Crippen LogP) is 4.62. The van der Waals surface area contributed by atoms with Crippen molar-refractivity contribution < 1.29 is 9.59 Å². The molecule has 0 bridgehead atoms. The fourth-order valence-corrected chi connectivity index (χ4v) is 4.99. The van der Waals surface area contributed by atoms with Crippen LogP contribution in [0, 0.1) is 0 Å². The smallest absolute Gasteiger partial charge is 0.291 e. The summed E-state index contributed by atoms with van der Waals surface area (Å²) in [6.07, 6.45) is 13.2. The zero-order valence-electron chi connectivity index (χ0n) is 19.7. The molecule has 35 heavy (non-hydrogen) atoms. The molecule has 8 nitrogen and oxygen atoms in total. The molecule has 3 heterocycles. The van der Waals surface area contributed by atoms with Crippen LogP contribution in [0.2, 0.25) is 0 Å². The normalized spacial score (nSPS) is 16.6. The van der Waals surface area contributed by atoms with E-state index >= 15 is 0 Å². The summed E-state index contributed by atoms with van der Waals surface area (Å²) >= 11 is 0. The van der Waals surface area contributed by atoms with Crippen LogP contribution >= 0.6 is 0 Å². The molecule has 180 valence electrons. The van der Waals surface area contributed by atoms with Gasteiger partial charge < -0.3 is 20.9 Å².